The number of hydrogen-bond acceptors (Lipinski definition) is 4. The number of halogens is 2. The summed E-state index contributed by atoms with van der Waals surface area (Å²) in [6, 6.07) is 14.4. The second kappa shape index (κ2) is 12.4. The van der Waals surface area contributed by atoms with Crippen LogP contribution in [0.15, 0.2) is 78.8 Å². The Labute approximate surface area is 208 Å². The topological polar surface area (TPSA) is 88.8 Å². The first-order chi connectivity index (χ1) is 17.3. The zero-order valence-corrected chi connectivity index (χ0v) is 20.6. The molecule has 0 saturated heterocycles. The van der Waals surface area contributed by atoms with Crippen molar-refractivity contribution in [2.75, 3.05) is 18.9 Å². The van der Waals surface area contributed by atoms with Crippen molar-refractivity contribution in [1.29, 1.82) is 0 Å². The van der Waals surface area contributed by atoms with E-state index in [0.717, 1.165) is 40.3 Å². The van der Waals surface area contributed by atoms with Gasteiger partial charge >= 0.3 is 6.03 Å². The van der Waals surface area contributed by atoms with Crippen molar-refractivity contribution in [2.45, 2.75) is 13.8 Å². The molecule has 0 atom stereocenters. The third kappa shape index (κ3) is 6.63. The fourth-order valence-corrected chi connectivity index (χ4v) is 3.35. The summed E-state index contributed by atoms with van der Waals surface area (Å²) in [5, 5.41) is 17.8. The number of para-hydroxylation sites is 1. The lowest BCUT2D eigenvalue weighted by atomic mass is 10.1. The third-order valence-corrected chi connectivity index (χ3v) is 5.15. The van der Waals surface area contributed by atoms with Crippen LogP contribution in [0.25, 0.3) is 16.9 Å². The van der Waals surface area contributed by atoms with Gasteiger partial charge in [-0.3, -0.25) is 10.00 Å². The number of urea groups is 1. The number of benzene rings is 2. The van der Waals surface area contributed by atoms with Gasteiger partial charge in [0.1, 0.15) is 11.5 Å². The normalized spacial score (nSPS) is 11.0. The number of nitrogens with one attached hydrogen (secondary N) is 3. The van der Waals surface area contributed by atoms with Gasteiger partial charge < -0.3 is 10.6 Å². The van der Waals surface area contributed by atoms with Gasteiger partial charge in [0, 0.05) is 36.6 Å². The molecule has 0 saturated carbocycles. The maximum absolute atomic E-state index is 12.6. The minimum Gasteiger partial charge on any atom is -0.314 e. The molecule has 2 aromatic heterocycles. The van der Waals surface area contributed by atoms with E-state index in [1.807, 2.05) is 70.5 Å². The monoisotopic (exact) mass is 493 g/mol. The molecule has 0 unspecified atom stereocenters. The highest BCUT2D eigenvalue weighted by Crippen LogP contribution is 2.30. The van der Waals surface area contributed by atoms with Gasteiger partial charge in [0.25, 0.3) is 0 Å². The molecule has 2 aromatic carbocycles. The quantitative estimate of drug-likeness (QED) is 0.360. The minimum absolute atomic E-state index is 0.318. The Morgan fingerprint density at radius 1 is 1.06 bits per heavy atom. The molecule has 188 valence electrons. The van der Waals surface area contributed by atoms with Crippen LogP contribution in [0.4, 0.5) is 19.4 Å². The van der Waals surface area contributed by atoms with Gasteiger partial charge in [0.05, 0.1) is 11.9 Å². The Kier molecular flexibility index (Phi) is 9.07. The molecule has 4 aromatic rings. The number of likely N-dealkylation sites (N-methyl/N-ethyl adjacent to an activating group) is 1. The van der Waals surface area contributed by atoms with E-state index in [9.17, 15) is 13.6 Å². The molecule has 2 amide bonds. The van der Waals surface area contributed by atoms with Gasteiger partial charge in [0.2, 0.25) is 0 Å². The summed E-state index contributed by atoms with van der Waals surface area (Å²) >= 11 is 0. The molecular formula is C26H29F2N7O. The van der Waals surface area contributed by atoms with E-state index in [1.165, 1.54) is 12.1 Å². The Morgan fingerprint density at radius 3 is 2.22 bits per heavy atom. The lowest BCUT2D eigenvalue weighted by molar-refractivity contribution is 0.254. The van der Waals surface area contributed by atoms with Gasteiger partial charge in [0.15, 0.2) is 11.6 Å². The van der Waals surface area contributed by atoms with Crippen molar-refractivity contribution in [3.63, 3.8) is 0 Å². The van der Waals surface area contributed by atoms with Crippen LogP contribution in [0.5, 0.6) is 0 Å². The Bertz CT molecular complexity index is 1310. The zero-order chi connectivity index (χ0) is 26.1. The molecule has 0 fully saturated rings. The number of allylic oxidation sites excluding steroid dienone is 1. The molecule has 0 aliphatic carbocycles. The molecule has 0 spiro atoms. The van der Waals surface area contributed by atoms with Gasteiger partial charge in [-0.25, -0.2) is 18.3 Å². The van der Waals surface area contributed by atoms with E-state index < -0.39 is 11.6 Å². The molecule has 0 bridgehead atoms. The van der Waals surface area contributed by atoms with Crippen LogP contribution in [-0.2, 0) is 7.05 Å². The summed E-state index contributed by atoms with van der Waals surface area (Å²) in [4.78, 5) is 12.6. The van der Waals surface area contributed by atoms with E-state index in [4.69, 9.17) is 5.10 Å². The molecule has 10 heteroatoms. The van der Waals surface area contributed by atoms with Gasteiger partial charge in [-0.15, -0.1) is 0 Å². The predicted molar refractivity (Wildman–Crippen MR) is 137 cm³/mol. The summed E-state index contributed by atoms with van der Waals surface area (Å²) in [7, 11) is 3.69. The smallest absolute Gasteiger partial charge is 0.314 e. The largest absolute Gasteiger partial charge is 0.324 e. The highest BCUT2D eigenvalue weighted by Gasteiger charge is 2.20. The molecular weight excluding hydrogens is 464 g/mol. The van der Waals surface area contributed by atoms with E-state index in [1.54, 1.807) is 15.6 Å². The van der Waals surface area contributed by atoms with Crippen molar-refractivity contribution >= 4 is 11.8 Å². The van der Waals surface area contributed by atoms with E-state index >= 15 is 0 Å². The third-order valence-electron chi connectivity index (χ3n) is 5.15. The Morgan fingerprint density at radius 2 is 1.69 bits per heavy atom. The summed E-state index contributed by atoms with van der Waals surface area (Å²) in [6.07, 6.45) is 5.53. The maximum atomic E-state index is 12.6. The van der Waals surface area contributed by atoms with Crippen molar-refractivity contribution in [2.24, 2.45) is 7.05 Å². The molecule has 0 aliphatic heterocycles. The molecule has 3 N–H and O–H groups in total. The van der Waals surface area contributed by atoms with Gasteiger partial charge in [-0.05, 0) is 45.2 Å². The molecule has 4 rings (SSSR count). The summed E-state index contributed by atoms with van der Waals surface area (Å²) in [5.41, 5.74) is 4.17. The fraction of sp³-hybridized carbons (Fsp3) is 0.192. The molecule has 0 radical (unpaired) electrons. The van der Waals surface area contributed by atoms with Gasteiger partial charge in [-0.2, -0.15) is 10.2 Å². The first kappa shape index (κ1) is 26.3. The number of aromatic nitrogens is 4. The number of carbonyl (C=O) groups is 1. The predicted octanol–water partition coefficient (Wildman–Crippen LogP) is 4.79. The van der Waals surface area contributed by atoms with E-state index in [2.05, 4.69) is 21.0 Å². The van der Waals surface area contributed by atoms with Crippen LogP contribution in [0, 0.1) is 18.6 Å². The molecule has 2 heterocycles. The second-order valence-electron chi connectivity index (χ2n) is 7.81. The van der Waals surface area contributed by atoms with Crippen LogP contribution >= 0.6 is 0 Å². The minimum atomic E-state index is -0.799. The highest BCUT2D eigenvalue weighted by atomic mass is 19.2. The lowest BCUT2D eigenvalue weighted by Gasteiger charge is -2.13. The molecule has 36 heavy (non-hydrogen) atoms. The Hall–Kier alpha value is -4.31. The van der Waals surface area contributed by atoms with E-state index in [-0.39, 0.29) is 6.03 Å². The van der Waals surface area contributed by atoms with Crippen molar-refractivity contribution in [3.05, 3.63) is 96.0 Å². The number of rotatable bonds is 6. The standard InChI is InChI=1S/C20H25N7O.C6H4F2/c1-5-16(12-21-3)23-20(28)24-19-14(2)18(15-11-22-26(4)13-15)25-27(19)17-9-7-6-8-10-17;7-5-3-1-2-4-6(5)8/h5-11,13,21H,12H2,1-4H3,(H2,23,24,28);1-4H/b16-5+;. The SMILES string of the molecule is C/C=C(\CNC)NC(=O)Nc1c(C)c(-c2cnn(C)c2)nn1-c1ccccc1.Fc1ccccc1F. The zero-order valence-electron chi connectivity index (χ0n) is 20.6. The number of amides is 2. The summed E-state index contributed by atoms with van der Waals surface area (Å²) < 4.78 is 27.4. The average Bonchev–Trinajstić information content (AvgIpc) is 3.44. The number of nitrogens with zero attached hydrogens (tertiary/aromatic N) is 4. The molecule has 0 aliphatic rings. The fourth-order valence-electron chi connectivity index (χ4n) is 3.35. The average molecular weight is 494 g/mol. The second-order valence-corrected chi connectivity index (χ2v) is 7.81. The number of carbonyl (C=O) groups excluding carboxylic acids is 1. The summed E-state index contributed by atoms with van der Waals surface area (Å²) in [6.45, 7) is 4.39. The Balaban J connectivity index is 0.000000383. The van der Waals surface area contributed by atoms with Crippen LogP contribution in [0.2, 0.25) is 0 Å². The number of hydrogen-bond donors (Lipinski definition) is 3. The van der Waals surface area contributed by atoms with Crippen LogP contribution in [0.1, 0.15) is 12.5 Å². The first-order valence-corrected chi connectivity index (χ1v) is 11.3. The molecule has 8 nitrogen and oxygen atoms in total. The van der Waals surface area contributed by atoms with Crippen LogP contribution in [-0.4, -0.2) is 39.2 Å². The number of anilines is 1. The van der Waals surface area contributed by atoms with Crippen molar-refractivity contribution in [3.8, 4) is 16.9 Å². The maximum Gasteiger partial charge on any atom is 0.324 e. The van der Waals surface area contributed by atoms with Crippen LogP contribution in [0.3, 0.4) is 0 Å². The highest BCUT2D eigenvalue weighted by molar-refractivity contribution is 5.91. The van der Waals surface area contributed by atoms with Crippen molar-refractivity contribution in [1.82, 2.24) is 30.2 Å². The van der Waals surface area contributed by atoms with E-state index in [0.29, 0.717) is 12.4 Å². The van der Waals surface area contributed by atoms with Gasteiger partial charge in [-0.1, -0.05) is 36.4 Å². The van der Waals surface area contributed by atoms with Crippen LogP contribution < -0.4 is 16.0 Å². The first-order valence-electron chi connectivity index (χ1n) is 11.3. The summed E-state index contributed by atoms with van der Waals surface area (Å²) in [5.74, 6) is -0.984. The number of aryl methyl sites for hydroxylation is 1. The van der Waals surface area contributed by atoms with Crippen molar-refractivity contribution < 1.29 is 13.6 Å². The lowest BCUT2D eigenvalue weighted by Crippen LogP contribution is -2.32.